The van der Waals surface area contributed by atoms with Gasteiger partial charge < -0.3 is 29.4 Å². The number of hydrogen-bond donors (Lipinski definition) is 2. The van der Waals surface area contributed by atoms with E-state index in [1.807, 2.05) is 54.6 Å². The first-order chi connectivity index (χ1) is 30.8. The molecule has 2 N–H and O–H groups in total. The Morgan fingerprint density at radius 3 is 1.55 bits per heavy atom. The quantitative estimate of drug-likeness (QED) is 0.0832. The molecule has 1 amide bonds. The fourth-order valence-corrected chi connectivity index (χ4v) is 6.55. The van der Waals surface area contributed by atoms with Gasteiger partial charge in [-0.15, -0.1) is 12.8 Å². The molecule has 0 bridgehead atoms. The molecule has 0 saturated carbocycles. The Hall–Kier alpha value is -8.29. The average molecular weight is 856 g/mol. The van der Waals surface area contributed by atoms with E-state index in [4.69, 9.17) is 31.8 Å². The number of carboxylic acids is 1. The molecule has 0 unspecified atom stereocenters. The number of rotatable bonds is 13. The number of aromatic carboxylic acids is 1. The molecule has 64 heavy (non-hydrogen) atoms. The van der Waals surface area contributed by atoms with Crippen LogP contribution in [0.3, 0.4) is 0 Å². The predicted molar refractivity (Wildman–Crippen MR) is 246 cm³/mol. The second kappa shape index (κ2) is 20.5. The van der Waals surface area contributed by atoms with E-state index in [2.05, 4.69) is 64.8 Å². The van der Waals surface area contributed by atoms with Crippen molar-refractivity contribution in [2.24, 2.45) is 0 Å². The first kappa shape index (κ1) is 45.2. The van der Waals surface area contributed by atoms with E-state index in [1.165, 1.54) is 37.5 Å². The molecule has 0 fully saturated rings. The molecule has 0 saturated heterocycles. The molecule has 13 heteroatoms. The van der Waals surface area contributed by atoms with Gasteiger partial charge in [-0.25, -0.2) is 29.5 Å². The number of esters is 1. The van der Waals surface area contributed by atoms with Crippen LogP contribution in [0.2, 0.25) is 0 Å². The number of carbonyl (C=O) groups excluding carboxylic acids is 2. The molecule has 0 atom stereocenters. The van der Waals surface area contributed by atoms with Gasteiger partial charge in [-0.2, -0.15) is 0 Å². The molecular weight excluding hydrogens is 811 g/mol. The molecule has 2 heterocycles. The first-order valence-corrected chi connectivity index (χ1v) is 20.1. The van der Waals surface area contributed by atoms with Gasteiger partial charge in [-0.3, -0.25) is 4.79 Å². The Bertz CT molecular complexity index is 2930. The topological polar surface area (TPSA) is 172 Å². The van der Waals surface area contributed by atoms with Gasteiger partial charge in [0.15, 0.2) is 0 Å². The zero-order chi connectivity index (χ0) is 45.9. The summed E-state index contributed by atoms with van der Waals surface area (Å²) in [5.74, 6) is 4.63. The monoisotopic (exact) mass is 855 g/mol. The van der Waals surface area contributed by atoms with Crippen molar-refractivity contribution in [1.29, 1.82) is 0 Å². The molecule has 0 aliphatic rings. The Labute approximate surface area is 370 Å². The summed E-state index contributed by atoms with van der Waals surface area (Å²) in [7, 11) is 2.74. The number of anilines is 1. The molecule has 7 rings (SSSR count). The Balaban J connectivity index is 0.000000228. The van der Waals surface area contributed by atoms with Crippen LogP contribution in [0.15, 0.2) is 103 Å². The number of methoxy groups -OCH3 is 2. The molecule has 2 aromatic heterocycles. The smallest absolute Gasteiger partial charge is 0.373 e. The van der Waals surface area contributed by atoms with Gasteiger partial charge in [-0.05, 0) is 71.5 Å². The van der Waals surface area contributed by atoms with Crippen LogP contribution < -0.4 is 19.5 Å². The van der Waals surface area contributed by atoms with Gasteiger partial charge in [0.2, 0.25) is 11.6 Å². The van der Waals surface area contributed by atoms with Crippen LogP contribution in [-0.4, -0.2) is 70.3 Å². The SMILES string of the molecule is C#CCOc1ccc2nc(C(=O)Nc3cc(OC)cc(C(=O)OC)c3)nc(-c3ccc(C(C)C)cc3)c2c1.C#CCOc1ccc2nc(C(=O)O)nc(-c3ccc(C(C)C)cc3)c2c1. The van der Waals surface area contributed by atoms with Gasteiger partial charge in [0.1, 0.15) is 30.5 Å². The van der Waals surface area contributed by atoms with Crippen LogP contribution in [0.5, 0.6) is 17.2 Å². The Morgan fingerprint density at radius 1 is 0.625 bits per heavy atom. The highest BCUT2D eigenvalue weighted by molar-refractivity contribution is 6.05. The van der Waals surface area contributed by atoms with Crippen LogP contribution in [0.1, 0.15) is 82.3 Å². The normalized spacial score (nSPS) is 10.7. The van der Waals surface area contributed by atoms with Crippen molar-refractivity contribution in [3.05, 3.63) is 131 Å². The average Bonchev–Trinajstić information content (AvgIpc) is 3.31. The van der Waals surface area contributed by atoms with Crippen LogP contribution in [0, 0.1) is 24.7 Å². The fourth-order valence-electron chi connectivity index (χ4n) is 6.55. The van der Waals surface area contributed by atoms with Crippen LogP contribution in [-0.2, 0) is 4.74 Å². The number of carbonyl (C=O) groups is 3. The maximum atomic E-state index is 13.3. The standard InChI is InChI=1S/C30H27N3O5.C21H18N2O3/c1-6-13-38-23-11-12-26-25(17-23)27(20-9-7-19(8-10-20)18(2)3)33-28(32-26)29(34)31-22-14-21(30(35)37-5)15-24(16-22)36-4;1-4-11-26-16-9-10-18-17(12-16)19(23-20(22-18)21(24)25)15-7-5-14(6-8-15)13(2)3/h1,7-12,14-18H,13H2,2-5H3,(H,31,34);1,5-10,12-13H,11H2,2-3H3,(H,24,25). The summed E-state index contributed by atoms with van der Waals surface area (Å²) in [6.45, 7) is 8.75. The van der Waals surface area contributed by atoms with Gasteiger partial charge in [-0.1, -0.05) is 88.1 Å². The highest BCUT2D eigenvalue weighted by atomic mass is 16.5. The molecule has 5 aromatic carbocycles. The molecule has 0 spiro atoms. The lowest BCUT2D eigenvalue weighted by Crippen LogP contribution is -2.17. The van der Waals surface area contributed by atoms with Crippen molar-refractivity contribution in [3.63, 3.8) is 0 Å². The van der Waals surface area contributed by atoms with Crippen molar-refractivity contribution in [2.45, 2.75) is 39.5 Å². The van der Waals surface area contributed by atoms with E-state index in [-0.39, 0.29) is 30.4 Å². The summed E-state index contributed by atoms with van der Waals surface area (Å²) in [5, 5.41) is 13.5. The van der Waals surface area contributed by atoms with Crippen LogP contribution >= 0.6 is 0 Å². The number of amides is 1. The van der Waals surface area contributed by atoms with Crippen molar-refractivity contribution >= 4 is 45.3 Å². The van der Waals surface area contributed by atoms with E-state index < -0.39 is 17.8 Å². The lowest BCUT2D eigenvalue weighted by molar-refractivity contribution is 0.0599. The van der Waals surface area contributed by atoms with Gasteiger partial charge in [0, 0.05) is 33.7 Å². The van der Waals surface area contributed by atoms with Crippen molar-refractivity contribution in [1.82, 2.24) is 19.9 Å². The minimum Gasteiger partial charge on any atom is -0.497 e. The van der Waals surface area contributed by atoms with Gasteiger partial charge >= 0.3 is 11.9 Å². The number of terminal acetylenes is 2. The maximum absolute atomic E-state index is 13.3. The zero-order valence-electron chi connectivity index (χ0n) is 36.1. The minimum atomic E-state index is -1.17. The summed E-state index contributed by atoms with van der Waals surface area (Å²) in [6, 6.07) is 31.1. The lowest BCUT2D eigenvalue weighted by Gasteiger charge is -2.13. The number of carboxylic acid groups (broad SMARTS) is 1. The summed E-state index contributed by atoms with van der Waals surface area (Å²) in [5.41, 5.74) is 6.79. The fraction of sp³-hybridized carbons (Fsp3) is 0.196. The third-order valence-corrected chi connectivity index (χ3v) is 9.90. The van der Waals surface area contributed by atoms with Crippen molar-refractivity contribution < 1.29 is 38.4 Å². The number of fused-ring (bicyclic) bond motifs is 2. The summed E-state index contributed by atoms with van der Waals surface area (Å²) >= 11 is 0. The molecule has 0 radical (unpaired) electrons. The largest absolute Gasteiger partial charge is 0.497 e. The van der Waals surface area contributed by atoms with Crippen LogP contribution in [0.25, 0.3) is 44.3 Å². The van der Waals surface area contributed by atoms with Crippen LogP contribution in [0.4, 0.5) is 5.69 Å². The molecule has 13 nitrogen and oxygen atoms in total. The Kier molecular flexibility index (Phi) is 14.5. The molecular formula is C51H45N5O8. The van der Waals surface area contributed by atoms with E-state index in [9.17, 15) is 19.5 Å². The second-order valence-electron chi connectivity index (χ2n) is 14.9. The first-order valence-electron chi connectivity index (χ1n) is 20.1. The summed E-state index contributed by atoms with van der Waals surface area (Å²) in [6.07, 6.45) is 10.6. The highest BCUT2D eigenvalue weighted by Gasteiger charge is 2.19. The number of hydrogen-bond acceptors (Lipinski definition) is 11. The predicted octanol–water partition coefficient (Wildman–Crippen LogP) is 9.61. The number of nitrogens with one attached hydrogen (secondary N) is 1. The lowest BCUT2D eigenvalue weighted by atomic mass is 9.99. The number of nitrogens with zero attached hydrogens (tertiary/aromatic N) is 4. The molecule has 0 aliphatic carbocycles. The van der Waals surface area contributed by atoms with E-state index in [1.54, 1.807) is 36.4 Å². The Morgan fingerprint density at radius 2 is 1.11 bits per heavy atom. The maximum Gasteiger partial charge on any atom is 0.373 e. The van der Waals surface area contributed by atoms with Gasteiger partial charge in [0.05, 0.1) is 42.2 Å². The number of benzene rings is 5. The van der Waals surface area contributed by atoms with E-state index in [0.29, 0.717) is 68.0 Å². The molecule has 322 valence electrons. The second-order valence-corrected chi connectivity index (χ2v) is 14.9. The highest BCUT2D eigenvalue weighted by Crippen LogP contribution is 2.32. The summed E-state index contributed by atoms with van der Waals surface area (Å²) < 4.78 is 21.1. The third-order valence-electron chi connectivity index (χ3n) is 9.90. The van der Waals surface area contributed by atoms with Gasteiger partial charge in [0.25, 0.3) is 5.91 Å². The van der Waals surface area contributed by atoms with E-state index in [0.717, 1.165) is 11.1 Å². The summed E-state index contributed by atoms with van der Waals surface area (Å²) in [4.78, 5) is 54.3. The third kappa shape index (κ3) is 10.8. The molecule has 7 aromatic rings. The zero-order valence-corrected chi connectivity index (χ0v) is 36.1. The minimum absolute atomic E-state index is 0.0415. The van der Waals surface area contributed by atoms with E-state index >= 15 is 0 Å². The number of ether oxygens (including phenoxy) is 4. The number of aromatic nitrogens is 4. The molecule has 0 aliphatic heterocycles. The van der Waals surface area contributed by atoms with Crippen molar-refractivity contribution in [3.8, 4) is 64.5 Å². The van der Waals surface area contributed by atoms with Crippen molar-refractivity contribution in [2.75, 3.05) is 32.8 Å².